The van der Waals surface area contributed by atoms with E-state index in [4.69, 9.17) is 4.74 Å². The maximum atomic E-state index is 11.9. The van der Waals surface area contributed by atoms with Crippen LogP contribution in [-0.2, 0) is 4.74 Å². The highest BCUT2D eigenvalue weighted by molar-refractivity contribution is 5.93. The van der Waals surface area contributed by atoms with Gasteiger partial charge in [0, 0.05) is 32.2 Å². The minimum Gasteiger partial charge on any atom is -0.384 e. The Hall–Kier alpha value is -2.15. The molecule has 7 heteroatoms. The first-order valence-corrected chi connectivity index (χ1v) is 6.61. The lowest BCUT2D eigenvalue weighted by molar-refractivity contribution is 0.0916. The number of anilines is 1. The van der Waals surface area contributed by atoms with Crippen molar-refractivity contribution in [3.63, 3.8) is 0 Å². The third-order valence-corrected chi connectivity index (χ3v) is 3.50. The SMILES string of the molecule is COCC1CC(NC(=O)Nc2cnn3cccnc23)C1. The van der Waals surface area contributed by atoms with Gasteiger partial charge in [-0.1, -0.05) is 0 Å². The van der Waals surface area contributed by atoms with E-state index in [0.29, 0.717) is 17.3 Å². The number of hydrogen-bond acceptors (Lipinski definition) is 4. The number of methoxy groups -OCH3 is 1. The van der Waals surface area contributed by atoms with Crippen LogP contribution in [0.1, 0.15) is 12.8 Å². The molecule has 106 valence electrons. The Bertz CT molecular complexity index is 606. The second kappa shape index (κ2) is 5.46. The van der Waals surface area contributed by atoms with E-state index in [-0.39, 0.29) is 12.1 Å². The average molecular weight is 275 g/mol. The van der Waals surface area contributed by atoms with Crippen molar-refractivity contribution in [1.82, 2.24) is 19.9 Å². The van der Waals surface area contributed by atoms with Gasteiger partial charge in [0.15, 0.2) is 5.65 Å². The molecule has 2 aromatic rings. The first-order valence-electron chi connectivity index (χ1n) is 6.61. The summed E-state index contributed by atoms with van der Waals surface area (Å²) in [4.78, 5) is 16.1. The van der Waals surface area contributed by atoms with E-state index in [1.807, 2.05) is 0 Å². The van der Waals surface area contributed by atoms with Crippen molar-refractivity contribution in [1.29, 1.82) is 0 Å². The van der Waals surface area contributed by atoms with Crippen LogP contribution < -0.4 is 10.6 Å². The number of carbonyl (C=O) groups excluding carboxylic acids is 1. The number of amides is 2. The Morgan fingerprint density at radius 1 is 1.55 bits per heavy atom. The highest BCUT2D eigenvalue weighted by Crippen LogP contribution is 2.27. The van der Waals surface area contributed by atoms with Gasteiger partial charge in [-0.15, -0.1) is 0 Å². The molecule has 0 aliphatic heterocycles. The number of hydrogen-bond donors (Lipinski definition) is 2. The van der Waals surface area contributed by atoms with Crippen molar-refractivity contribution in [3.8, 4) is 0 Å². The Kier molecular flexibility index (Phi) is 3.51. The zero-order valence-electron chi connectivity index (χ0n) is 11.2. The molecule has 2 aromatic heterocycles. The fourth-order valence-corrected chi connectivity index (χ4v) is 2.48. The van der Waals surface area contributed by atoms with Gasteiger partial charge in [-0.2, -0.15) is 5.10 Å². The zero-order valence-corrected chi connectivity index (χ0v) is 11.2. The molecule has 0 unspecified atom stereocenters. The fraction of sp³-hybridized carbons (Fsp3) is 0.462. The lowest BCUT2D eigenvalue weighted by atomic mass is 9.81. The summed E-state index contributed by atoms with van der Waals surface area (Å²) in [5.74, 6) is 0.559. The molecular formula is C13H17N5O2. The molecule has 1 fully saturated rings. The van der Waals surface area contributed by atoms with E-state index in [0.717, 1.165) is 19.4 Å². The molecule has 0 radical (unpaired) electrons. The summed E-state index contributed by atoms with van der Waals surface area (Å²) in [7, 11) is 1.70. The summed E-state index contributed by atoms with van der Waals surface area (Å²) < 4.78 is 6.70. The molecular weight excluding hydrogens is 258 g/mol. The molecule has 20 heavy (non-hydrogen) atoms. The first-order chi connectivity index (χ1) is 9.76. The molecule has 1 saturated carbocycles. The number of rotatable bonds is 4. The molecule has 2 amide bonds. The van der Waals surface area contributed by atoms with E-state index in [1.54, 1.807) is 36.3 Å². The third-order valence-electron chi connectivity index (χ3n) is 3.50. The molecule has 0 aromatic carbocycles. The summed E-state index contributed by atoms with van der Waals surface area (Å²) >= 11 is 0. The van der Waals surface area contributed by atoms with E-state index in [2.05, 4.69) is 20.7 Å². The van der Waals surface area contributed by atoms with Gasteiger partial charge in [0.25, 0.3) is 0 Å². The van der Waals surface area contributed by atoms with Crippen molar-refractivity contribution in [2.45, 2.75) is 18.9 Å². The van der Waals surface area contributed by atoms with Crippen LogP contribution in [0.5, 0.6) is 0 Å². The quantitative estimate of drug-likeness (QED) is 0.880. The number of aromatic nitrogens is 3. The van der Waals surface area contributed by atoms with Gasteiger partial charge in [-0.25, -0.2) is 14.3 Å². The summed E-state index contributed by atoms with van der Waals surface area (Å²) in [6.07, 6.45) is 6.98. The van der Waals surface area contributed by atoms with Crippen LogP contribution in [0.25, 0.3) is 5.65 Å². The van der Waals surface area contributed by atoms with Crippen molar-refractivity contribution in [2.75, 3.05) is 19.0 Å². The number of urea groups is 1. The van der Waals surface area contributed by atoms with Crippen molar-refractivity contribution in [3.05, 3.63) is 24.7 Å². The highest BCUT2D eigenvalue weighted by atomic mass is 16.5. The standard InChI is InChI=1S/C13H17N5O2/c1-20-8-9-5-10(6-9)16-13(19)17-11-7-15-18-4-2-3-14-12(11)18/h2-4,7,9-10H,5-6,8H2,1H3,(H2,16,17,19). The summed E-state index contributed by atoms with van der Waals surface area (Å²) in [5.41, 5.74) is 1.24. The van der Waals surface area contributed by atoms with Crippen LogP contribution >= 0.6 is 0 Å². The molecule has 2 heterocycles. The summed E-state index contributed by atoms with van der Waals surface area (Å²) in [5, 5.41) is 9.84. The second-order valence-electron chi connectivity index (χ2n) is 5.03. The van der Waals surface area contributed by atoms with E-state index in [1.165, 1.54) is 0 Å². The topological polar surface area (TPSA) is 80.5 Å². The van der Waals surface area contributed by atoms with Gasteiger partial charge in [-0.05, 0) is 24.8 Å². The van der Waals surface area contributed by atoms with Crippen molar-refractivity contribution < 1.29 is 9.53 Å². The van der Waals surface area contributed by atoms with Gasteiger partial charge in [0.05, 0.1) is 6.20 Å². The molecule has 0 saturated heterocycles. The smallest absolute Gasteiger partial charge is 0.319 e. The molecule has 1 aliphatic carbocycles. The number of nitrogens with zero attached hydrogens (tertiary/aromatic N) is 3. The zero-order chi connectivity index (χ0) is 13.9. The monoisotopic (exact) mass is 275 g/mol. The van der Waals surface area contributed by atoms with Crippen LogP contribution in [0.4, 0.5) is 10.5 Å². The Morgan fingerprint density at radius 3 is 3.20 bits per heavy atom. The predicted octanol–water partition coefficient (Wildman–Crippen LogP) is 1.28. The lowest BCUT2D eigenvalue weighted by Gasteiger charge is -2.35. The fourth-order valence-electron chi connectivity index (χ4n) is 2.48. The second-order valence-corrected chi connectivity index (χ2v) is 5.03. The third kappa shape index (κ3) is 2.57. The maximum absolute atomic E-state index is 11.9. The summed E-state index contributed by atoms with van der Waals surface area (Å²) in [6, 6.07) is 1.80. The van der Waals surface area contributed by atoms with Gasteiger partial charge < -0.3 is 15.4 Å². The molecule has 0 bridgehead atoms. The Balaban J connectivity index is 1.55. The maximum Gasteiger partial charge on any atom is 0.319 e. The average Bonchev–Trinajstić information content (AvgIpc) is 2.80. The van der Waals surface area contributed by atoms with Gasteiger partial charge in [0.2, 0.25) is 0 Å². The van der Waals surface area contributed by atoms with Crippen LogP contribution in [0.2, 0.25) is 0 Å². The van der Waals surface area contributed by atoms with Gasteiger partial charge >= 0.3 is 6.03 Å². The molecule has 3 rings (SSSR count). The Labute approximate surface area is 116 Å². The van der Waals surface area contributed by atoms with Crippen molar-refractivity contribution in [2.24, 2.45) is 5.92 Å². The van der Waals surface area contributed by atoms with Crippen molar-refractivity contribution >= 4 is 17.4 Å². The van der Waals surface area contributed by atoms with Gasteiger partial charge in [-0.3, -0.25) is 0 Å². The van der Waals surface area contributed by atoms with E-state index in [9.17, 15) is 4.79 Å². The highest BCUT2D eigenvalue weighted by Gasteiger charge is 2.30. The molecule has 0 spiro atoms. The minimum atomic E-state index is -0.216. The molecule has 2 N–H and O–H groups in total. The Morgan fingerprint density at radius 2 is 2.40 bits per heavy atom. The van der Waals surface area contributed by atoms with Crippen LogP contribution in [0.15, 0.2) is 24.7 Å². The number of fused-ring (bicyclic) bond motifs is 1. The number of ether oxygens (including phenoxy) is 1. The van der Waals surface area contributed by atoms with Crippen LogP contribution in [0, 0.1) is 5.92 Å². The molecule has 7 nitrogen and oxygen atoms in total. The van der Waals surface area contributed by atoms with E-state index < -0.39 is 0 Å². The number of carbonyl (C=O) groups is 1. The predicted molar refractivity (Wildman–Crippen MR) is 73.5 cm³/mol. The first kappa shape index (κ1) is 12.9. The number of nitrogens with one attached hydrogen (secondary N) is 2. The summed E-state index contributed by atoms with van der Waals surface area (Å²) in [6.45, 7) is 0.762. The van der Waals surface area contributed by atoms with Crippen LogP contribution in [-0.4, -0.2) is 40.4 Å². The molecule has 1 aliphatic rings. The minimum absolute atomic E-state index is 0.216. The lowest BCUT2D eigenvalue weighted by Crippen LogP contribution is -2.47. The van der Waals surface area contributed by atoms with E-state index >= 15 is 0 Å². The normalized spacial score (nSPS) is 21.4. The molecule has 0 atom stereocenters. The largest absolute Gasteiger partial charge is 0.384 e. The van der Waals surface area contributed by atoms with Gasteiger partial charge in [0.1, 0.15) is 5.69 Å². The van der Waals surface area contributed by atoms with Crippen LogP contribution in [0.3, 0.4) is 0 Å².